The molecule has 0 unspecified atom stereocenters. The summed E-state index contributed by atoms with van der Waals surface area (Å²) in [6, 6.07) is 7.27. The van der Waals surface area contributed by atoms with Crippen molar-refractivity contribution in [2.45, 2.75) is 12.8 Å². The molecule has 20 heavy (non-hydrogen) atoms. The molecule has 1 amide bonds. The molecule has 0 spiro atoms. The van der Waals surface area contributed by atoms with Crippen LogP contribution in [0.4, 0.5) is 5.69 Å². The van der Waals surface area contributed by atoms with Gasteiger partial charge in [-0.1, -0.05) is 11.2 Å². The molecule has 0 aromatic heterocycles. The molecule has 1 fully saturated rings. The Morgan fingerprint density at radius 2 is 2.20 bits per heavy atom. The van der Waals surface area contributed by atoms with Gasteiger partial charge in [0.2, 0.25) is 5.91 Å². The summed E-state index contributed by atoms with van der Waals surface area (Å²) >= 11 is 0. The fraction of sp³-hybridized carbons (Fsp3) is 0.429. The maximum Gasteiger partial charge on any atom is 0.238 e. The van der Waals surface area contributed by atoms with Crippen molar-refractivity contribution in [3.63, 3.8) is 0 Å². The van der Waals surface area contributed by atoms with Gasteiger partial charge in [0.1, 0.15) is 5.75 Å². The van der Waals surface area contributed by atoms with E-state index >= 15 is 0 Å². The molecule has 1 heterocycles. The zero-order valence-corrected chi connectivity index (χ0v) is 11.5. The van der Waals surface area contributed by atoms with Gasteiger partial charge in [-0.3, -0.25) is 9.69 Å². The van der Waals surface area contributed by atoms with Gasteiger partial charge in [-0.15, -0.1) is 0 Å². The molecule has 0 saturated carbocycles. The smallest absolute Gasteiger partial charge is 0.238 e. The number of benzene rings is 1. The normalized spacial score (nSPS) is 15.8. The maximum absolute atomic E-state index is 12.0. The Labute approximate surface area is 118 Å². The number of ether oxygens (including phenoxy) is 1. The minimum Gasteiger partial charge on any atom is -0.497 e. The molecule has 0 bridgehead atoms. The van der Waals surface area contributed by atoms with E-state index in [1.165, 1.54) is 0 Å². The fourth-order valence-corrected chi connectivity index (χ4v) is 2.17. The number of rotatable bonds is 4. The van der Waals surface area contributed by atoms with E-state index in [4.69, 9.17) is 9.94 Å². The molecule has 0 aliphatic carbocycles. The third-order valence-electron chi connectivity index (χ3n) is 3.30. The highest BCUT2D eigenvalue weighted by Crippen LogP contribution is 2.16. The van der Waals surface area contributed by atoms with Gasteiger partial charge in [0, 0.05) is 37.7 Å². The third kappa shape index (κ3) is 3.96. The van der Waals surface area contributed by atoms with Gasteiger partial charge in [0.25, 0.3) is 0 Å². The molecule has 1 aromatic carbocycles. The average molecular weight is 277 g/mol. The maximum atomic E-state index is 12.0. The highest BCUT2D eigenvalue weighted by atomic mass is 16.5. The number of anilines is 1. The molecule has 108 valence electrons. The van der Waals surface area contributed by atoms with Crippen molar-refractivity contribution in [3.05, 3.63) is 24.3 Å². The van der Waals surface area contributed by atoms with E-state index in [1.807, 2.05) is 23.1 Å². The number of oxime groups is 1. The molecule has 2 rings (SSSR count). The van der Waals surface area contributed by atoms with Crippen LogP contribution in [0.2, 0.25) is 0 Å². The summed E-state index contributed by atoms with van der Waals surface area (Å²) in [6.45, 7) is 1.83. The van der Waals surface area contributed by atoms with E-state index in [0.29, 0.717) is 25.1 Å². The second-order valence-electron chi connectivity index (χ2n) is 4.72. The lowest BCUT2D eigenvalue weighted by molar-refractivity contribution is -0.117. The number of amides is 1. The molecule has 6 heteroatoms. The van der Waals surface area contributed by atoms with Crippen LogP contribution in [0.3, 0.4) is 0 Å². The van der Waals surface area contributed by atoms with Crippen LogP contribution in [0.5, 0.6) is 5.75 Å². The van der Waals surface area contributed by atoms with Gasteiger partial charge in [-0.05, 0) is 12.1 Å². The first kappa shape index (κ1) is 14.3. The zero-order chi connectivity index (χ0) is 14.4. The molecule has 1 saturated heterocycles. The van der Waals surface area contributed by atoms with E-state index in [9.17, 15) is 4.79 Å². The number of piperidine rings is 1. The lowest BCUT2D eigenvalue weighted by Crippen LogP contribution is -2.39. The molecule has 6 nitrogen and oxygen atoms in total. The number of likely N-dealkylation sites (tertiary alicyclic amines) is 1. The summed E-state index contributed by atoms with van der Waals surface area (Å²) in [4.78, 5) is 14.0. The summed E-state index contributed by atoms with van der Waals surface area (Å²) < 4.78 is 5.11. The summed E-state index contributed by atoms with van der Waals surface area (Å²) in [5.74, 6) is 0.659. The average Bonchev–Trinajstić information content (AvgIpc) is 2.48. The molecule has 1 aliphatic heterocycles. The van der Waals surface area contributed by atoms with Gasteiger partial charge in [0.15, 0.2) is 0 Å². The van der Waals surface area contributed by atoms with Crippen molar-refractivity contribution in [1.82, 2.24) is 4.90 Å². The minimum absolute atomic E-state index is 0.0531. The van der Waals surface area contributed by atoms with Crippen LogP contribution in [0.25, 0.3) is 0 Å². The first-order chi connectivity index (χ1) is 9.71. The lowest BCUT2D eigenvalue weighted by atomic mass is 10.1. The Bertz CT molecular complexity index is 492. The molecule has 0 radical (unpaired) electrons. The molecule has 2 N–H and O–H groups in total. The van der Waals surface area contributed by atoms with Crippen molar-refractivity contribution in [2.75, 3.05) is 32.1 Å². The highest BCUT2D eigenvalue weighted by molar-refractivity contribution is 5.92. The monoisotopic (exact) mass is 277 g/mol. The summed E-state index contributed by atoms with van der Waals surface area (Å²) in [6.07, 6.45) is 1.42. The highest BCUT2D eigenvalue weighted by Gasteiger charge is 2.17. The quantitative estimate of drug-likeness (QED) is 0.647. The predicted molar refractivity (Wildman–Crippen MR) is 76.5 cm³/mol. The number of nitrogens with one attached hydrogen (secondary N) is 1. The van der Waals surface area contributed by atoms with E-state index < -0.39 is 0 Å². The summed E-state index contributed by atoms with van der Waals surface area (Å²) in [5.41, 5.74) is 1.53. The van der Waals surface area contributed by atoms with E-state index in [0.717, 1.165) is 24.5 Å². The number of nitrogens with zero attached hydrogens (tertiary/aromatic N) is 2. The number of carbonyl (C=O) groups excluding carboxylic acids is 1. The Hall–Kier alpha value is -2.08. The van der Waals surface area contributed by atoms with Crippen LogP contribution in [-0.2, 0) is 4.79 Å². The standard InChI is InChI=1S/C14H19N3O3/c1-20-13-4-2-3-12(9-13)15-14(18)10-17-7-5-11(16-19)6-8-17/h2-4,9,19H,5-8,10H2,1H3,(H,15,18). The van der Waals surface area contributed by atoms with Crippen LogP contribution < -0.4 is 10.1 Å². The van der Waals surface area contributed by atoms with Crippen molar-refractivity contribution in [3.8, 4) is 5.75 Å². The first-order valence-corrected chi connectivity index (χ1v) is 6.57. The minimum atomic E-state index is -0.0531. The van der Waals surface area contributed by atoms with Gasteiger partial charge in [0.05, 0.1) is 19.4 Å². The van der Waals surface area contributed by atoms with Gasteiger partial charge in [-0.2, -0.15) is 0 Å². The summed E-state index contributed by atoms with van der Waals surface area (Å²) in [5, 5.41) is 14.8. The third-order valence-corrected chi connectivity index (χ3v) is 3.30. The molecule has 1 aliphatic rings. The number of carbonyl (C=O) groups is 1. The van der Waals surface area contributed by atoms with Gasteiger partial charge >= 0.3 is 0 Å². The predicted octanol–water partition coefficient (Wildman–Crippen LogP) is 1.56. The SMILES string of the molecule is COc1cccc(NC(=O)CN2CCC(=NO)CC2)c1. The Morgan fingerprint density at radius 1 is 1.45 bits per heavy atom. The van der Waals surface area contributed by atoms with Gasteiger partial charge in [-0.25, -0.2) is 0 Å². The first-order valence-electron chi connectivity index (χ1n) is 6.57. The van der Waals surface area contributed by atoms with E-state index in [2.05, 4.69) is 10.5 Å². The molecular formula is C14H19N3O3. The van der Waals surface area contributed by atoms with Crippen molar-refractivity contribution in [1.29, 1.82) is 0 Å². The number of hydrogen-bond donors (Lipinski definition) is 2. The second-order valence-corrected chi connectivity index (χ2v) is 4.72. The van der Waals surface area contributed by atoms with Crippen LogP contribution in [-0.4, -0.2) is 48.5 Å². The van der Waals surface area contributed by atoms with Crippen LogP contribution in [0.15, 0.2) is 29.4 Å². The lowest BCUT2D eigenvalue weighted by Gasteiger charge is -2.26. The number of hydrogen-bond acceptors (Lipinski definition) is 5. The fourth-order valence-electron chi connectivity index (χ4n) is 2.17. The van der Waals surface area contributed by atoms with Crippen LogP contribution >= 0.6 is 0 Å². The van der Waals surface area contributed by atoms with E-state index in [-0.39, 0.29) is 5.91 Å². The van der Waals surface area contributed by atoms with Crippen molar-refractivity contribution in [2.24, 2.45) is 5.16 Å². The van der Waals surface area contributed by atoms with Crippen LogP contribution in [0.1, 0.15) is 12.8 Å². The van der Waals surface area contributed by atoms with Gasteiger partial charge < -0.3 is 15.3 Å². The zero-order valence-electron chi connectivity index (χ0n) is 11.5. The summed E-state index contributed by atoms with van der Waals surface area (Å²) in [7, 11) is 1.59. The Morgan fingerprint density at radius 3 is 2.85 bits per heavy atom. The second kappa shape index (κ2) is 6.91. The van der Waals surface area contributed by atoms with Crippen molar-refractivity contribution >= 4 is 17.3 Å². The van der Waals surface area contributed by atoms with Crippen molar-refractivity contribution < 1.29 is 14.7 Å². The molecule has 0 atom stereocenters. The van der Waals surface area contributed by atoms with E-state index in [1.54, 1.807) is 13.2 Å². The largest absolute Gasteiger partial charge is 0.497 e. The topological polar surface area (TPSA) is 74.2 Å². The van der Waals surface area contributed by atoms with Crippen LogP contribution in [0, 0.1) is 0 Å². The Kier molecular flexibility index (Phi) is 4.95. The molecule has 1 aromatic rings. The molecular weight excluding hydrogens is 258 g/mol. The Balaban J connectivity index is 1.83. The number of methoxy groups -OCH3 is 1.